The van der Waals surface area contributed by atoms with Gasteiger partial charge in [-0.25, -0.2) is 0 Å². The number of rotatable bonds is 5. The van der Waals surface area contributed by atoms with E-state index >= 15 is 0 Å². The minimum Gasteiger partial charge on any atom is -0.347 e. The zero-order valence-electron chi connectivity index (χ0n) is 21.5. The molecular weight excluding hydrogens is 767 g/mol. The van der Waals surface area contributed by atoms with Gasteiger partial charge in [0.25, 0.3) is 20.2 Å². The van der Waals surface area contributed by atoms with Crippen LogP contribution in [0.15, 0.2) is 87.6 Å². The van der Waals surface area contributed by atoms with Crippen LogP contribution < -0.4 is 4.90 Å². The van der Waals surface area contributed by atoms with E-state index in [0.717, 1.165) is 33.9 Å². The summed E-state index contributed by atoms with van der Waals surface area (Å²) in [6.07, 6.45) is 12.8. The summed E-state index contributed by atoms with van der Waals surface area (Å²) < 4.78 is 65.3. The molecule has 1 atom stereocenters. The quantitative estimate of drug-likeness (QED) is 0.330. The van der Waals surface area contributed by atoms with Crippen LogP contribution >= 0.6 is 0 Å². The minimum absolute atomic E-state index is 0. The Balaban J connectivity index is 0.00000380. The third kappa shape index (κ3) is 4.81. The molecule has 2 heterocycles. The maximum atomic E-state index is 11.6. The standard InChI is InChI=1S/C26H30N2O6S2.Rf/c1-25(2)19-15-17(35(29,30)31)11-13-21(19)27-23(25)9-7-6-8-10-24-26(3,4)20-16-18(36(32,33)34)12-14-22(20)28(24)5;/h6-14,16-17H,15H2,1-5H3,(H,29,30,31)(H,32,33,34);/b8-6+,9-7+,24-10+;. The predicted octanol–water partition coefficient (Wildman–Crippen LogP) is 4.61. The smallest absolute Gasteiger partial charge is 0.294 e. The number of fused-ring (bicyclic) bond motifs is 1. The van der Waals surface area contributed by atoms with Crippen molar-refractivity contribution in [1.82, 2.24) is 0 Å². The maximum Gasteiger partial charge on any atom is 0.294 e. The summed E-state index contributed by atoms with van der Waals surface area (Å²) in [4.78, 5) is 6.53. The predicted molar refractivity (Wildman–Crippen MR) is 141 cm³/mol. The van der Waals surface area contributed by atoms with E-state index in [1.165, 1.54) is 18.2 Å². The number of likely N-dealkylation sites (N-methyl/N-ethyl adjacent to an activating group) is 1. The van der Waals surface area contributed by atoms with Crippen molar-refractivity contribution in [2.24, 2.45) is 10.4 Å². The SMILES string of the molecule is CN1/C(=C/C=C/C=C/C2=NC3=C(CC(S(=O)(=O)O)C=C3)C2(C)C)C(C)(C)c2cc(S(=O)(=O)O)ccc21.[Rf]. The van der Waals surface area contributed by atoms with Gasteiger partial charge in [-0.15, -0.1) is 0 Å². The van der Waals surface area contributed by atoms with E-state index < -0.39 is 36.3 Å². The van der Waals surface area contributed by atoms with Gasteiger partial charge < -0.3 is 4.90 Å². The average molecular weight is 798 g/mol. The van der Waals surface area contributed by atoms with Crippen molar-refractivity contribution in [3.05, 3.63) is 83.3 Å². The van der Waals surface area contributed by atoms with Crippen LogP contribution in [-0.4, -0.2) is 44.0 Å². The van der Waals surface area contributed by atoms with Crippen LogP contribution in [0.3, 0.4) is 0 Å². The van der Waals surface area contributed by atoms with Crippen LogP contribution in [0.2, 0.25) is 0 Å². The van der Waals surface area contributed by atoms with Gasteiger partial charge >= 0.3 is 0 Å². The summed E-state index contributed by atoms with van der Waals surface area (Å²) in [6.45, 7) is 7.97. The second kappa shape index (κ2) is 8.95. The Morgan fingerprint density at radius 3 is 2.32 bits per heavy atom. The number of anilines is 1. The number of aliphatic imine (C=N–C) groups is 1. The fourth-order valence-corrected chi connectivity index (χ4v) is 6.22. The van der Waals surface area contributed by atoms with E-state index in [1.807, 2.05) is 70.0 Å². The first-order valence-electron chi connectivity index (χ1n) is 11.4. The fourth-order valence-electron chi connectivity index (χ4n) is 5.06. The van der Waals surface area contributed by atoms with E-state index in [-0.39, 0.29) is 11.3 Å². The monoisotopic (exact) mass is 797 g/mol. The summed E-state index contributed by atoms with van der Waals surface area (Å²) in [6, 6.07) is 4.61. The first kappa shape index (κ1) is 27.8. The average Bonchev–Trinajstić information content (AvgIpc) is 3.13. The molecule has 0 amide bonds. The first-order valence-corrected chi connectivity index (χ1v) is 14.4. The zero-order valence-corrected chi connectivity index (χ0v) is 29.5. The molecular formula is C26H30N2O6RfS2. The van der Waals surface area contributed by atoms with Gasteiger partial charge in [0.05, 0.1) is 16.3 Å². The van der Waals surface area contributed by atoms with Crippen molar-refractivity contribution in [3.8, 4) is 0 Å². The summed E-state index contributed by atoms with van der Waals surface area (Å²) in [5, 5.41) is -0.954. The molecule has 3 aliphatic rings. The van der Waals surface area contributed by atoms with Gasteiger partial charge in [0, 0.05) is 29.3 Å². The van der Waals surface area contributed by atoms with Gasteiger partial charge in [0.2, 0.25) is 0 Å². The van der Waals surface area contributed by atoms with E-state index in [9.17, 15) is 25.9 Å². The Hall–Kier alpha value is -3.79. The van der Waals surface area contributed by atoms with Crippen LogP contribution in [0.5, 0.6) is 0 Å². The molecule has 194 valence electrons. The zero-order chi connectivity index (χ0) is 26.7. The van der Waals surface area contributed by atoms with Gasteiger partial charge in [0.15, 0.2) is 0 Å². The van der Waals surface area contributed by atoms with E-state index in [1.54, 1.807) is 12.1 Å². The molecule has 1 aromatic rings. The molecule has 1 aliphatic carbocycles. The molecule has 1 aromatic carbocycles. The number of nitrogens with zero attached hydrogens (tertiary/aromatic N) is 2. The molecule has 0 radical (unpaired) electrons. The van der Waals surface area contributed by atoms with Crippen molar-refractivity contribution in [2.45, 2.75) is 49.7 Å². The van der Waals surface area contributed by atoms with Gasteiger partial charge in [-0.3, -0.25) is 14.1 Å². The molecule has 11 heteroatoms. The summed E-state index contributed by atoms with van der Waals surface area (Å²) >= 11 is 0. The number of hydrogen-bond acceptors (Lipinski definition) is 6. The third-order valence-corrected chi connectivity index (χ3v) is 9.17. The fraction of sp³-hybridized carbons (Fsp3) is 0.346. The third-order valence-electron chi connectivity index (χ3n) is 7.23. The van der Waals surface area contributed by atoms with Crippen molar-refractivity contribution in [2.75, 3.05) is 11.9 Å². The minimum atomic E-state index is -4.29. The Morgan fingerprint density at radius 1 is 1.03 bits per heavy atom. The Labute approximate surface area is 212 Å². The number of allylic oxidation sites excluding steroid dienone is 8. The Kier molecular flexibility index (Phi) is 6.72. The van der Waals surface area contributed by atoms with Gasteiger partial charge in [-0.2, -0.15) is 16.8 Å². The molecule has 0 spiro atoms. The largest absolute Gasteiger partial charge is 0.347 e. The molecule has 37 heavy (non-hydrogen) atoms. The second-order valence-electron chi connectivity index (χ2n) is 10.2. The van der Waals surface area contributed by atoms with Crippen LogP contribution in [-0.2, 0) is 25.7 Å². The van der Waals surface area contributed by atoms with Crippen molar-refractivity contribution in [3.63, 3.8) is 0 Å². The topological polar surface area (TPSA) is 124 Å². The Morgan fingerprint density at radius 2 is 1.70 bits per heavy atom. The molecule has 0 fully saturated rings. The molecule has 2 aliphatic heterocycles. The molecule has 8 nitrogen and oxygen atoms in total. The second-order valence-corrected chi connectivity index (χ2v) is 13.3. The van der Waals surface area contributed by atoms with Crippen molar-refractivity contribution < 1.29 is 25.9 Å². The number of hydrogen-bond donors (Lipinski definition) is 2. The van der Waals surface area contributed by atoms with Crippen molar-refractivity contribution >= 4 is 31.6 Å². The van der Waals surface area contributed by atoms with E-state index in [4.69, 9.17) is 0 Å². The van der Waals surface area contributed by atoms with Crippen molar-refractivity contribution in [1.29, 1.82) is 0 Å². The van der Waals surface area contributed by atoms with Gasteiger partial charge in [-0.1, -0.05) is 52.0 Å². The summed E-state index contributed by atoms with van der Waals surface area (Å²) in [7, 11) is -6.54. The Bertz CT molecular complexity index is 1530. The molecule has 1 unspecified atom stereocenters. The van der Waals surface area contributed by atoms with E-state index in [2.05, 4.69) is 4.99 Å². The molecule has 0 saturated heterocycles. The molecule has 2 N–H and O–H groups in total. The summed E-state index contributed by atoms with van der Waals surface area (Å²) in [5.74, 6) is 0. The normalized spacial score (nSPS) is 23.5. The molecule has 0 aromatic heterocycles. The van der Waals surface area contributed by atoms with E-state index in [0.29, 0.717) is 0 Å². The van der Waals surface area contributed by atoms with Crippen LogP contribution in [0.4, 0.5) is 5.69 Å². The van der Waals surface area contributed by atoms with Crippen LogP contribution in [0.25, 0.3) is 0 Å². The number of benzene rings is 1. The first-order chi connectivity index (χ1) is 16.5. The van der Waals surface area contributed by atoms with Gasteiger partial charge in [-0.05, 0) is 54.0 Å². The molecule has 4 rings (SSSR count). The maximum absolute atomic E-state index is 11.6. The molecule has 0 saturated carbocycles. The molecule has 0 bridgehead atoms. The van der Waals surface area contributed by atoms with Crippen LogP contribution in [0, 0.1) is 5.41 Å². The van der Waals surface area contributed by atoms with Crippen LogP contribution in [0.1, 0.15) is 39.7 Å². The summed E-state index contributed by atoms with van der Waals surface area (Å²) in [5.41, 5.74) is 4.13. The van der Waals surface area contributed by atoms with Gasteiger partial charge in [0.1, 0.15) is 5.25 Å².